The fraction of sp³-hybridized carbons (Fsp3) is 0.267. The predicted octanol–water partition coefficient (Wildman–Crippen LogP) is 7.08. The number of carboxylic acids is 1. The van der Waals surface area contributed by atoms with Crippen LogP contribution in [0.2, 0.25) is 0 Å². The van der Waals surface area contributed by atoms with Gasteiger partial charge in [0.05, 0.1) is 10.0 Å². The lowest BCUT2D eigenvalue weighted by Gasteiger charge is -2.40. The highest BCUT2D eigenvalue weighted by atomic mass is 79.9. The van der Waals surface area contributed by atoms with Crippen molar-refractivity contribution in [3.8, 4) is 0 Å². The maximum atomic E-state index is 11.3. The lowest BCUT2D eigenvalue weighted by molar-refractivity contribution is 0.0696. The molecular formula is C30H31BrClN3O2. The van der Waals surface area contributed by atoms with Gasteiger partial charge in [0.25, 0.3) is 0 Å². The van der Waals surface area contributed by atoms with E-state index in [1.54, 1.807) is 6.07 Å². The second-order valence-corrected chi connectivity index (χ2v) is 10.4. The summed E-state index contributed by atoms with van der Waals surface area (Å²) in [7, 11) is 0. The van der Waals surface area contributed by atoms with E-state index in [1.165, 1.54) is 28.1 Å². The largest absolute Gasteiger partial charge is 0.478 e. The third-order valence-electron chi connectivity index (χ3n) is 7.33. The summed E-state index contributed by atoms with van der Waals surface area (Å²) in [6.07, 6.45) is 2.46. The molecule has 7 heteroatoms. The molecule has 5 rings (SSSR count). The third kappa shape index (κ3) is 5.98. The first-order valence-corrected chi connectivity index (χ1v) is 13.2. The number of nitrogens with zero attached hydrogens (tertiary/aromatic N) is 2. The minimum atomic E-state index is -0.970. The molecule has 2 heterocycles. The van der Waals surface area contributed by atoms with Gasteiger partial charge in [-0.05, 0) is 69.7 Å². The Morgan fingerprint density at radius 1 is 1.11 bits per heavy atom. The van der Waals surface area contributed by atoms with E-state index in [-0.39, 0.29) is 24.0 Å². The predicted molar refractivity (Wildman–Crippen MR) is 156 cm³/mol. The number of benzene rings is 3. The number of aromatic carboxylic acids is 1. The van der Waals surface area contributed by atoms with Crippen LogP contribution in [0.15, 0.2) is 89.5 Å². The van der Waals surface area contributed by atoms with Crippen molar-refractivity contribution in [1.29, 1.82) is 0 Å². The van der Waals surface area contributed by atoms with Gasteiger partial charge in [0.15, 0.2) is 0 Å². The number of hydrogen-bond donors (Lipinski definition) is 2. The average molecular weight is 581 g/mol. The molecule has 4 aromatic rings. The molecular weight excluding hydrogens is 550 g/mol. The summed E-state index contributed by atoms with van der Waals surface area (Å²) in [5, 5.41) is 15.7. The molecule has 0 amide bonds. The van der Waals surface area contributed by atoms with Gasteiger partial charge in [0.1, 0.15) is 5.82 Å². The van der Waals surface area contributed by atoms with Crippen LogP contribution in [0.4, 0.5) is 5.82 Å². The average Bonchev–Trinajstić information content (AvgIpc) is 2.91. The molecule has 1 aromatic heterocycles. The Hall–Kier alpha value is -2.93. The van der Waals surface area contributed by atoms with Gasteiger partial charge in [-0.15, -0.1) is 12.4 Å². The number of piperidine rings is 1. The lowest BCUT2D eigenvalue weighted by Crippen LogP contribution is -2.43. The van der Waals surface area contributed by atoms with Crippen molar-refractivity contribution < 1.29 is 9.90 Å². The summed E-state index contributed by atoms with van der Waals surface area (Å²) in [5.74, 6) is 0.636. The monoisotopic (exact) mass is 579 g/mol. The Morgan fingerprint density at radius 2 is 1.84 bits per heavy atom. The highest BCUT2D eigenvalue weighted by Gasteiger charge is 2.32. The number of pyridine rings is 1. The molecule has 1 saturated heterocycles. The zero-order valence-electron chi connectivity index (χ0n) is 20.7. The van der Waals surface area contributed by atoms with Crippen molar-refractivity contribution >= 4 is 50.9 Å². The number of anilines is 1. The number of nitrogens with one attached hydrogen (secondary N) is 1. The van der Waals surface area contributed by atoms with E-state index in [9.17, 15) is 9.90 Å². The quantitative estimate of drug-likeness (QED) is 0.245. The molecule has 37 heavy (non-hydrogen) atoms. The normalized spacial score (nSPS) is 18.3. The maximum Gasteiger partial charge on any atom is 0.337 e. The Kier molecular flexibility index (Phi) is 8.85. The van der Waals surface area contributed by atoms with Crippen molar-refractivity contribution in [2.45, 2.75) is 25.3 Å². The second kappa shape index (κ2) is 12.1. The van der Waals surface area contributed by atoms with Crippen LogP contribution in [-0.2, 0) is 0 Å². The highest BCUT2D eigenvalue weighted by Crippen LogP contribution is 2.36. The first kappa shape index (κ1) is 27.1. The summed E-state index contributed by atoms with van der Waals surface area (Å²) in [6.45, 7) is 4.87. The van der Waals surface area contributed by atoms with Crippen molar-refractivity contribution in [2.24, 2.45) is 5.92 Å². The summed E-state index contributed by atoms with van der Waals surface area (Å²) in [6, 6.07) is 27.7. The minimum absolute atomic E-state index is 0. The Balaban J connectivity index is 0.00000320. The number of carboxylic acid groups (broad SMARTS) is 1. The molecule has 0 radical (unpaired) electrons. The Labute approximate surface area is 232 Å². The molecule has 1 aliphatic heterocycles. The van der Waals surface area contributed by atoms with E-state index in [0.717, 1.165) is 36.3 Å². The van der Waals surface area contributed by atoms with Gasteiger partial charge < -0.3 is 15.3 Å². The minimum Gasteiger partial charge on any atom is -0.478 e. The lowest BCUT2D eigenvalue weighted by atomic mass is 9.80. The molecule has 0 spiro atoms. The zero-order valence-corrected chi connectivity index (χ0v) is 23.1. The Morgan fingerprint density at radius 3 is 2.59 bits per heavy atom. The smallest absolute Gasteiger partial charge is 0.337 e. The van der Waals surface area contributed by atoms with Gasteiger partial charge in [-0.2, -0.15) is 0 Å². The summed E-state index contributed by atoms with van der Waals surface area (Å²) >= 11 is 3.56. The standard InChI is InChI=1S/C30H30BrN3O2.ClH/c1-20(25-13-7-11-21-10-5-6-12-26(21)25)32-17-23-14-15-34(19-27(23)22-8-3-2-4-9-22)29-28(31)16-24(18-33-29)30(35)36;/h2-13,16,18,20,23,27,32H,14-15,17,19H2,1H3,(H,35,36);1H/t20-,23?,27?;/m1./s1. The first-order chi connectivity index (χ1) is 17.5. The van der Waals surface area contributed by atoms with Crippen LogP contribution < -0.4 is 10.2 Å². The van der Waals surface area contributed by atoms with Gasteiger partial charge >= 0.3 is 5.97 Å². The number of carbonyl (C=O) groups is 1. The first-order valence-electron chi connectivity index (χ1n) is 12.4. The molecule has 0 bridgehead atoms. The van der Waals surface area contributed by atoms with Gasteiger partial charge in [0.2, 0.25) is 0 Å². The van der Waals surface area contributed by atoms with Crippen LogP contribution in [0.3, 0.4) is 0 Å². The molecule has 2 N–H and O–H groups in total. The van der Waals surface area contributed by atoms with E-state index in [4.69, 9.17) is 0 Å². The summed E-state index contributed by atoms with van der Waals surface area (Å²) in [4.78, 5) is 18.1. The summed E-state index contributed by atoms with van der Waals surface area (Å²) < 4.78 is 0.718. The van der Waals surface area contributed by atoms with Gasteiger partial charge in [-0.1, -0.05) is 72.8 Å². The number of rotatable bonds is 7. The molecule has 0 saturated carbocycles. The number of fused-ring (bicyclic) bond motifs is 1. The number of halogens is 2. The van der Waals surface area contributed by atoms with Crippen LogP contribution in [0, 0.1) is 5.92 Å². The topological polar surface area (TPSA) is 65.5 Å². The molecule has 3 aromatic carbocycles. The van der Waals surface area contributed by atoms with Crippen molar-refractivity contribution in [3.05, 3.63) is 106 Å². The number of aromatic nitrogens is 1. The van der Waals surface area contributed by atoms with E-state index in [0.29, 0.717) is 11.8 Å². The SMILES string of the molecule is C[C@@H](NCC1CCN(c2ncc(C(=O)O)cc2Br)CC1c1ccccc1)c1cccc2ccccc12.Cl. The second-order valence-electron chi connectivity index (χ2n) is 9.54. The van der Waals surface area contributed by atoms with Crippen LogP contribution in [-0.4, -0.2) is 35.7 Å². The molecule has 3 atom stereocenters. The van der Waals surface area contributed by atoms with Gasteiger partial charge in [0, 0.05) is 31.2 Å². The molecule has 5 nitrogen and oxygen atoms in total. The molecule has 0 aliphatic carbocycles. The molecule has 1 fully saturated rings. The van der Waals surface area contributed by atoms with E-state index < -0.39 is 5.97 Å². The zero-order chi connectivity index (χ0) is 25.1. The maximum absolute atomic E-state index is 11.3. The van der Waals surface area contributed by atoms with Gasteiger partial charge in [-0.3, -0.25) is 0 Å². The van der Waals surface area contributed by atoms with Crippen LogP contribution in [0.5, 0.6) is 0 Å². The Bertz CT molecular complexity index is 1360. The van der Waals surface area contributed by atoms with Crippen molar-refractivity contribution in [1.82, 2.24) is 10.3 Å². The van der Waals surface area contributed by atoms with Crippen LogP contribution in [0.1, 0.15) is 46.8 Å². The van der Waals surface area contributed by atoms with E-state index in [1.807, 2.05) is 0 Å². The highest BCUT2D eigenvalue weighted by molar-refractivity contribution is 9.10. The molecule has 192 valence electrons. The molecule has 2 unspecified atom stereocenters. The van der Waals surface area contributed by atoms with Crippen LogP contribution in [0.25, 0.3) is 10.8 Å². The number of hydrogen-bond acceptors (Lipinski definition) is 4. The van der Waals surface area contributed by atoms with Crippen molar-refractivity contribution in [2.75, 3.05) is 24.5 Å². The van der Waals surface area contributed by atoms with E-state index >= 15 is 0 Å². The fourth-order valence-corrected chi connectivity index (χ4v) is 5.96. The van der Waals surface area contributed by atoms with E-state index in [2.05, 4.69) is 111 Å². The molecule has 1 aliphatic rings. The fourth-order valence-electron chi connectivity index (χ4n) is 5.36. The third-order valence-corrected chi connectivity index (χ3v) is 7.91. The van der Waals surface area contributed by atoms with Gasteiger partial charge in [-0.25, -0.2) is 9.78 Å². The van der Waals surface area contributed by atoms with Crippen LogP contribution >= 0.6 is 28.3 Å². The van der Waals surface area contributed by atoms with Crippen molar-refractivity contribution in [3.63, 3.8) is 0 Å². The summed E-state index contributed by atoms with van der Waals surface area (Å²) in [5.41, 5.74) is 2.84.